The number of esters is 2. The van der Waals surface area contributed by atoms with Crippen molar-refractivity contribution in [3.05, 3.63) is 34.4 Å². The Labute approximate surface area is 198 Å². The van der Waals surface area contributed by atoms with Gasteiger partial charge in [0.05, 0.1) is 19.6 Å². The number of rotatable bonds is 8. The van der Waals surface area contributed by atoms with Crippen LogP contribution in [0.4, 0.5) is 0 Å². The molecule has 33 heavy (non-hydrogen) atoms. The fraction of sp³-hybridized carbons (Fsp3) is 0.615. The summed E-state index contributed by atoms with van der Waals surface area (Å²) in [4.78, 5) is 25.0. The molecular formula is C26H38O6Si. The molecule has 0 saturated heterocycles. The van der Waals surface area contributed by atoms with Crippen molar-refractivity contribution in [3.8, 4) is 11.5 Å². The van der Waals surface area contributed by atoms with Crippen LogP contribution >= 0.6 is 0 Å². The fourth-order valence-electron chi connectivity index (χ4n) is 4.29. The standard InChI is InChI=1S/C26H38O6Si/c1-16(26(13-14-26)24(28)30-7)11-10-12-18-21(29-6)17(2)19-15-31-23(27)20(19)22(18)32-33(8,9)25(3,4)5/h10-11,16H,12-15H2,1-9H3. The van der Waals surface area contributed by atoms with Crippen molar-refractivity contribution >= 4 is 20.3 Å². The zero-order valence-electron chi connectivity index (χ0n) is 21.5. The second-order valence-electron chi connectivity index (χ2n) is 10.8. The lowest BCUT2D eigenvalue weighted by Crippen LogP contribution is -2.44. The molecule has 1 heterocycles. The van der Waals surface area contributed by atoms with Gasteiger partial charge in [0, 0.05) is 11.1 Å². The molecule has 1 fully saturated rings. The van der Waals surface area contributed by atoms with E-state index in [0.29, 0.717) is 17.7 Å². The Morgan fingerprint density at radius 1 is 1.21 bits per heavy atom. The highest BCUT2D eigenvalue weighted by Gasteiger charge is 2.54. The van der Waals surface area contributed by atoms with E-state index < -0.39 is 13.7 Å². The molecule has 1 aromatic rings. The fourth-order valence-corrected chi connectivity index (χ4v) is 5.33. The lowest BCUT2D eigenvalue weighted by atomic mass is 9.89. The van der Waals surface area contributed by atoms with Gasteiger partial charge in [0.15, 0.2) is 0 Å². The van der Waals surface area contributed by atoms with E-state index in [9.17, 15) is 9.59 Å². The van der Waals surface area contributed by atoms with E-state index in [0.717, 1.165) is 35.3 Å². The number of cyclic esters (lactones) is 1. The molecule has 1 saturated carbocycles. The molecule has 1 aliphatic heterocycles. The van der Waals surface area contributed by atoms with Crippen molar-refractivity contribution in [1.29, 1.82) is 0 Å². The number of methoxy groups -OCH3 is 2. The van der Waals surface area contributed by atoms with Crippen LogP contribution in [0.1, 0.15) is 67.6 Å². The van der Waals surface area contributed by atoms with Crippen LogP contribution in [0, 0.1) is 18.3 Å². The summed E-state index contributed by atoms with van der Waals surface area (Å²) < 4.78 is 23.0. The number of allylic oxidation sites excluding steroid dienone is 2. The summed E-state index contributed by atoms with van der Waals surface area (Å²) in [5.74, 6) is 0.891. The van der Waals surface area contributed by atoms with E-state index in [4.69, 9.17) is 18.6 Å². The molecule has 2 aliphatic rings. The predicted molar refractivity (Wildman–Crippen MR) is 130 cm³/mol. The minimum atomic E-state index is -2.25. The molecule has 1 atom stereocenters. The molecule has 0 N–H and O–H groups in total. The SMILES string of the molecule is COC(=O)C1(C(C)C=CCc2c(OC)c(C)c3c(c2O[Si](C)(C)C(C)(C)C)C(=O)OC3)CC1. The number of benzene rings is 1. The molecule has 1 aromatic carbocycles. The van der Waals surface area contributed by atoms with Gasteiger partial charge in [0.1, 0.15) is 23.7 Å². The molecule has 0 bridgehead atoms. The first-order chi connectivity index (χ1) is 15.3. The van der Waals surface area contributed by atoms with Crippen molar-refractivity contribution in [2.24, 2.45) is 11.3 Å². The van der Waals surface area contributed by atoms with E-state index in [1.165, 1.54) is 7.11 Å². The smallest absolute Gasteiger partial charge is 0.342 e. The van der Waals surface area contributed by atoms with Crippen LogP contribution in [0.15, 0.2) is 12.2 Å². The van der Waals surface area contributed by atoms with Gasteiger partial charge in [-0.2, -0.15) is 0 Å². The number of hydrogen-bond acceptors (Lipinski definition) is 6. The van der Waals surface area contributed by atoms with Gasteiger partial charge in [0.25, 0.3) is 8.32 Å². The summed E-state index contributed by atoms with van der Waals surface area (Å²) in [6, 6.07) is 0. The Morgan fingerprint density at radius 3 is 2.36 bits per heavy atom. The number of hydrogen-bond donors (Lipinski definition) is 0. The second kappa shape index (κ2) is 8.82. The second-order valence-corrected chi connectivity index (χ2v) is 15.6. The summed E-state index contributed by atoms with van der Waals surface area (Å²) in [6.45, 7) is 15.1. The Hall–Kier alpha value is -2.28. The van der Waals surface area contributed by atoms with Gasteiger partial charge in [-0.1, -0.05) is 39.8 Å². The molecule has 1 aliphatic carbocycles. The van der Waals surface area contributed by atoms with Crippen molar-refractivity contribution in [2.75, 3.05) is 14.2 Å². The molecule has 0 radical (unpaired) electrons. The summed E-state index contributed by atoms with van der Waals surface area (Å²) >= 11 is 0. The molecule has 0 aromatic heterocycles. The van der Waals surface area contributed by atoms with E-state index in [-0.39, 0.29) is 29.5 Å². The Bertz CT molecular complexity index is 982. The van der Waals surface area contributed by atoms with Crippen molar-refractivity contribution < 1.29 is 28.2 Å². The van der Waals surface area contributed by atoms with E-state index >= 15 is 0 Å². The average Bonchev–Trinajstić information content (AvgIpc) is 3.46. The Kier molecular flexibility index (Phi) is 6.77. The molecule has 182 valence electrons. The van der Waals surface area contributed by atoms with Gasteiger partial charge in [-0.3, -0.25) is 4.79 Å². The van der Waals surface area contributed by atoms with Crippen molar-refractivity contribution in [1.82, 2.24) is 0 Å². The van der Waals surface area contributed by atoms with Gasteiger partial charge in [-0.15, -0.1) is 0 Å². The summed E-state index contributed by atoms with van der Waals surface area (Å²) in [6.07, 6.45) is 6.34. The summed E-state index contributed by atoms with van der Waals surface area (Å²) in [7, 11) is 0.841. The summed E-state index contributed by atoms with van der Waals surface area (Å²) in [5.41, 5.74) is 2.72. The van der Waals surface area contributed by atoms with E-state index in [1.54, 1.807) is 7.11 Å². The van der Waals surface area contributed by atoms with Crippen LogP contribution in [-0.2, 0) is 27.3 Å². The molecular weight excluding hydrogens is 436 g/mol. The Morgan fingerprint density at radius 2 is 1.85 bits per heavy atom. The first-order valence-electron chi connectivity index (χ1n) is 11.6. The average molecular weight is 475 g/mol. The first-order valence-corrected chi connectivity index (χ1v) is 14.5. The number of ether oxygens (including phenoxy) is 3. The largest absolute Gasteiger partial charge is 0.543 e. The highest BCUT2D eigenvalue weighted by molar-refractivity contribution is 6.74. The van der Waals surface area contributed by atoms with Crippen molar-refractivity contribution in [2.45, 2.75) is 78.6 Å². The molecule has 3 rings (SSSR count). The number of fused-ring (bicyclic) bond motifs is 1. The quantitative estimate of drug-likeness (QED) is 0.272. The molecule has 1 unspecified atom stereocenters. The Balaban J connectivity index is 2.05. The maximum absolute atomic E-state index is 12.8. The van der Waals surface area contributed by atoms with Gasteiger partial charge in [0.2, 0.25) is 0 Å². The minimum absolute atomic E-state index is 0.0407. The highest BCUT2D eigenvalue weighted by Crippen LogP contribution is 2.53. The zero-order chi connectivity index (χ0) is 24.8. The molecule has 6 nitrogen and oxygen atoms in total. The third-order valence-corrected chi connectivity index (χ3v) is 12.1. The zero-order valence-corrected chi connectivity index (χ0v) is 22.5. The van der Waals surface area contributed by atoms with E-state index in [1.807, 2.05) is 6.92 Å². The van der Waals surface area contributed by atoms with Gasteiger partial charge in [-0.05, 0) is 55.8 Å². The number of carbonyl (C=O) groups is 2. The van der Waals surface area contributed by atoms with Crippen LogP contribution in [0.25, 0.3) is 0 Å². The summed E-state index contributed by atoms with van der Waals surface area (Å²) in [5, 5.41) is -0.0407. The maximum atomic E-state index is 12.8. The number of carbonyl (C=O) groups excluding carboxylic acids is 2. The molecule has 0 spiro atoms. The van der Waals surface area contributed by atoms with Crippen molar-refractivity contribution in [3.63, 3.8) is 0 Å². The van der Waals surface area contributed by atoms with Gasteiger partial charge < -0.3 is 18.6 Å². The van der Waals surface area contributed by atoms with E-state index in [2.05, 4.69) is 52.9 Å². The monoisotopic (exact) mass is 474 g/mol. The van der Waals surface area contributed by atoms with Crippen LogP contribution < -0.4 is 9.16 Å². The predicted octanol–water partition coefficient (Wildman–Crippen LogP) is 5.75. The highest BCUT2D eigenvalue weighted by atomic mass is 28.4. The van der Waals surface area contributed by atoms with Crippen LogP contribution in [0.5, 0.6) is 11.5 Å². The topological polar surface area (TPSA) is 71.1 Å². The minimum Gasteiger partial charge on any atom is -0.543 e. The van der Waals surface area contributed by atoms with Gasteiger partial charge >= 0.3 is 11.9 Å². The normalized spacial score (nSPS) is 18.0. The maximum Gasteiger partial charge on any atom is 0.342 e. The van der Waals surface area contributed by atoms with Crippen LogP contribution in [0.3, 0.4) is 0 Å². The molecule has 0 amide bonds. The third-order valence-electron chi connectivity index (χ3n) is 7.79. The molecule has 7 heteroatoms. The van der Waals surface area contributed by atoms with Crippen LogP contribution in [-0.4, -0.2) is 34.5 Å². The lowest BCUT2D eigenvalue weighted by Gasteiger charge is -2.37. The first kappa shape index (κ1) is 25.3. The lowest BCUT2D eigenvalue weighted by molar-refractivity contribution is -0.148. The third kappa shape index (κ3) is 4.44. The van der Waals surface area contributed by atoms with Crippen LogP contribution in [0.2, 0.25) is 18.1 Å². The van der Waals surface area contributed by atoms with Gasteiger partial charge in [-0.25, -0.2) is 4.79 Å².